The van der Waals surface area contributed by atoms with Crippen LogP contribution in [-0.2, 0) is 10.0 Å². The van der Waals surface area contributed by atoms with E-state index >= 15 is 0 Å². The zero-order valence-electron chi connectivity index (χ0n) is 17.2. The molecule has 5 rings (SSSR count). The molecule has 1 aromatic heterocycles. The molecule has 1 aliphatic rings. The van der Waals surface area contributed by atoms with Gasteiger partial charge in [-0.25, -0.2) is 13.4 Å². The first-order chi connectivity index (χ1) is 15.5. The molecule has 3 aromatic carbocycles. The molecule has 0 unspecified atom stereocenters. The molecule has 0 atom stereocenters. The second-order valence-electron chi connectivity index (χ2n) is 7.93. The van der Waals surface area contributed by atoms with Crippen molar-refractivity contribution in [2.75, 3.05) is 10.0 Å². The number of aromatic amines is 1. The van der Waals surface area contributed by atoms with Crippen molar-refractivity contribution in [2.45, 2.75) is 30.1 Å². The summed E-state index contributed by atoms with van der Waals surface area (Å²) >= 11 is 0. The number of H-pyrrole nitrogens is 1. The summed E-state index contributed by atoms with van der Waals surface area (Å²) in [6, 6.07) is 20.0. The lowest BCUT2D eigenvalue weighted by atomic mass is 9.85. The molecule has 4 aromatic rings. The molecule has 32 heavy (non-hydrogen) atoms. The number of fused-ring (bicyclic) bond motifs is 1. The highest BCUT2D eigenvalue weighted by Crippen LogP contribution is 2.35. The highest BCUT2D eigenvalue weighted by atomic mass is 32.2. The summed E-state index contributed by atoms with van der Waals surface area (Å²) in [4.78, 5) is 20.9. The van der Waals surface area contributed by atoms with Crippen molar-refractivity contribution in [2.24, 2.45) is 0 Å². The maximum atomic E-state index is 12.7. The minimum absolute atomic E-state index is 0.177. The van der Waals surface area contributed by atoms with Gasteiger partial charge in [-0.2, -0.15) is 0 Å². The van der Waals surface area contributed by atoms with Crippen LogP contribution in [0.15, 0.2) is 77.7 Å². The Bertz CT molecular complexity index is 1380. The lowest BCUT2D eigenvalue weighted by Gasteiger charge is -2.22. The molecule has 0 saturated heterocycles. The summed E-state index contributed by atoms with van der Waals surface area (Å²) in [5, 5.41) is 2.89. The van der Waals surface area contributed by atoms with Crippen LogP contribution >= 0.6 is 0 Å². The van der Waals surface area contributed by atoms with Gasteiger partial charge < -0.3 is 10.3 Å². The molecule has 162 valence electrons. The summed E-state index contributed by atoms with van der Waals surface area (Å²) in [6.07, 6.45) is 3.58. The summed E-state index contributed by atoms with van der Waals surface area (Å²) in [7, 11) is -3.68. The predicted molar refractivity (Wildman–Crippen MR) is 124 cm³/mol. The first kappa shape index (κ1) is 20.3. The van der Waals surface area contributed by atoms with Gasteiger partial charge in [0.05, 0.1) is 15.9 Å². The van der Waals surface area contributed by atoms with Crippen molar-refractivity contribution in [3.63, 3.8) is 0 Å². The number of rotatable bonds is 6. The van der Waals surface area contributed by atoms with Crippen molar-refractivity contribution in [1.82, 2.24) is 9.97 Å². The molecule has 0 aliphatic heterocycles. The molecule has 0 spiro atoms. The van der Waals surface area contributed by atoms with Gasteiger partial charge in [-0.1, -0.05) is 24.6 Å². The van der Waals surface area contributed by atoms with E-state index in [0.717, 1.165) is 16.9 Å². The van der Waals surface area contributed by atoms with E-state index in [4.69, 9.17) is 0 Å². The van der Waals surface area contributed by atoms with Crippen molar-refractivity contribution in [3.05, 3.63) is 84.2 Å². The number of aromatic nitrogens is 2. The number of hydrogen-bond acceptors (Lipinski definition) is 4. The third-order valence-corrected chi connectivity index (χ3v) is 7.10. The van der Waals surface area contributed by atoms with Crippen molar-refractivity contribution >= 4 is 38.3 Å². The number of benzene rings is 3. The molecule has 1 heterocycles. The first-order valence-corrected chi connectivity index (χ1v) is 12.0. The van der Waals surface area contributed by atoms with Gasteiger partial charge in [-0.3, -0.25) is 9.52 Å². The fraction of sp³-hybridized carbons (Fsp3) is 0.167. The van der Waals surface area contributed by atoms with Crippen LogP contribution in [0.2, 0.25) is 0 Å². The highest BCUT2D eigenvalue weighted by Gasteiger charge is 2.22. The van der Waals surface area contributed by atoms with Crippen molar-refractivity contribution in [3.8, 4) is 0 Å². The van der Waals surface area contributed by atoms with E-state index in [1.165, 1.54) is 31.4 Å². The first-order valence-electron chi connectivity index (χ1n) is 10.5. The molecule has 3 N–H and O–H groups in total. The van der Waals surface area contributed by atoms with Crippen LogP contribution in [0.4, 0.5) is 11.4 Å². The van der Waals surface area contributed by atoms with Crippen LogP contribution in [0.3, 0.4) is 0 Å². The van der Waals surface area contributed by atoms with Crippen LogP contribution in [0.25, 0.3) is 11.0 Å². The lowest BCUT2D eigenvalue weighted by molar-refractivity contribution is 0.102. The van der Waals surface area contributed by atoms with Gasteiger partial charge in [0.1, 0.15) is 5.82 Å². The SMILES string of the molecule is O=C(Nc1ccc2nc(C3CCC3)[nH]c2c1)c1ccc(NS(=O)(=O)c2ccccc2)cc1. The highest BCUT2D eigenvalue weighted by molar-refractivity contribution is 7.92. The molecular formula is C24H22N4O3S. The normalized spacial score (nSPS) is 14.1. The van der Waals surface area contributed by atoms with E-state index in [1.807, 2.05) is 18.2 Å². The topological polar surface area (TPSA) is 104 Å². The van der Waals surface area contributed by atoms with E-state index in [9.17, 15) is 13.2 Å². The van der Waals surface area contributed by atoms with Gasteiger partial charge in [-0.05, 0) is 67.4 Å². The molecule has 7 nitrogen and oxygen atoms in total. The van der Waals surface area contributed by atoms with E-state index in [2.05, 4.69) is 20.0 Å². The largest absolute Gasteiger partial charge is 0.342 e. The molecule has 0 radical (unpaired) electrons. The van der Waals surface area contributed by atoms with E-state index < -0.39 is 10.0 Å². The van der Waals surface area contributed by atoms with Crippen LogP contribution < -0.4 is 10.0 Å². The second-order valence-corrected chi connectivity index (χ2v) is 9.61. The Labute approximate surface area is 185 Å². The third kappa shape index (κ3) is 4.09. The summed E-state index contributed by atoms with van der Waals surface area (Å²) in [5.74, 6) is 1.25. The number of hydrogen-bond donors (Lipinski definition) is 3. The molecule has 0 bridgehead atoms. The average Bonchev–Trinajstić information content (AvgIpc) is 3.15. The number of carbonyl (C=O) groups is 1. The number of carbonyl (C=O) groups excluding carboxylic acids is 1. The van der Waals surface area contributed by atoms with Crippen molar-refractivity contribution in [1.29, 1.82) is 0 Å². The Hall–Kier alpha value is -3.65. The van der Waals surface area contributed by atoms with Crippen LogP contribution in [0.5, 0.6) is 0 Å². The summed E-state index contributed by atoms with van der Waals surface area (Å²) in [5.41, 5.74) is 3.26. The minimum atomic E-state index is -3.68. The monoisotopic (exact) mass is 446 g/mol. The van der Waals surface area contributed by atoms with Gasteiger partial charge in [0.2, 0.25) is 0 Å². The molecule has 8 heteroatoms. The summed E-state index contributed by atoms with van der Waals surface area (Å²) in [6.45, 7) is 0. The van der Waals surface area contributed by atoms with Crippen LogP contribution in [0.1, 0.15) is 41.4 Å². The van der Waals surface area contributed by atoms with Gasteiger partial charge in [0, 0.05) is 22.9 Å². The number of nitrogens with zero attached hydrogens (tertiary/aromatic N) is 1. The summed E-state index contributed by atoms with van der Waals surface area (Å²) < 4.78 is 27.4. The number of amides is 1. The fourth-order valence-electron chi connectivity index (χ4n) is 3.69. The second kappa shape index (κ2) is 8.12. The zero-order chi connectivity index (χ0) is 22.1. The average molecular weight is 447 g/mol. The smallest absolute Gasteiger partial charge is 0.261 e. The molecule has 1 fully saturated rings. The van der Waals surface area contributed by atoms with E-state index in [0.29, 0.717) is 22.9 Å². The van der Waals surface area contributed by atoms with Gasteiger partial charge in [0.15, 0.2) is 0 Å². The number of sulfonamides is 1. The number of anilines is 2. The molecule has 1 saturated carbocycles. The Kier molecular flexibility index (Phi) is 5.14. The molecular weight excluding hydrogens is 424 g/mol. The molecule has 1 amide bonds. The molecule has 1 aliphatic carbocycles. The van der Waals surface area contributed by atoms with Gasteiger partial charge in [-0.15, -0.1) is 0 Å². The Balaban J connectivity index is 1.27. The third-order valence-electron chi connectivity index (χ3n) is 5.70. The number of imidazole rings is 1. The van der Waals surface area contributed by atoms with Gasteiger partial charge in [0.25, 0.3) is 15.9 Å². The Morgan fingerprint density at radius 2 is 1.66 bits per heavy atom. The quantitative estimate of drug-likeness (QED) is 0.392. The standard InChI is InChI=1S/C24H22N4O3S/c29-24(25-19-13-14-21-22(15-19)27-23(26-21)16-5-4-6-16)17-9-11-18(12-10-17)28-32(30,31)20-7-2-1-3-8-20/h1-3,7-16,28H,4-6H2,(H,25,29)(H,26,27). The maximum Gasteiger partial charge on any atom is 0.261 e. The zero-order valence-corrected chi connectivity index (χ0v) is 18.0. The fourth-order valence-corrected chi connectivity index (χ4v) is 4.77. The van der Waals surface area contributed by atoms with Crippen LogP contribution in [0, 0.1) is 0 Å². The van der Waals surface area contributed by atoms with Crippen LogP contribution in [-0.4, -0.2) is 24.3 Å². The van der Waals surface area contributed by atoms with Gasteiger partial charge >= 0.3 is 0 Å². The van der Waals surface area contributed by atoms with E-state index in [-0.39, 0.29) is 10.8 Å². The van der Waals surface area contributed by atoms with E-state index in [1.54, 1.807) is 42.5 Å². The Morgan fingerprint density at radius 1 is 0.938 bits per heavy atom. The Morgan fingerprint density at radius 3 is 2.34 bits per heavy atom. The predicted octanol–water partition coefficient (Wildman–Crippen LogP) is 4.88. The maximum absolute atomic E-state index is 12.7. The minimum Gasteiger partial charge on any atom is -0.342 e. The number of nitrogens with one attached hydrogen (secondary N) is 3. The van der Waals surface area contributed by atoms with Crippen molar-refractivity contribution < 1.29 is 13.2 Å². The lowest BCUT2D eigenvalue weighted by Crippen LogP contribution is -2.14.